The SMILES string of the molecule is COc1c(NC(=O)c2cc(C)c(C)c(OCc3ccccc3)c2)cc(C(C)(C)C)cc1NS(C)(=O)=O. The van der Waals surface area contributed by atoms with Crippen LogP contribution in [0.1, 0.15) is 53.4 Å². The highest BCUT2D eigenvalue weighted by Crippen LogP contribution is 2.39. The molecule has 0 spiro atoms. The number of aryl methyl sites for hydroxylation is 1. The molecule has 8 heteroatoms. The van der Waals surface area contributed by atoms with E-state index in [2.05, 4.69) is 10.0 Å². The van der Waals surface area contributed by atoms with Crippen LogP contribution in [-0.2, 0) is 22.0 Å². The van der Waals surface area contributed by atoms with Crippen molar-refractivity contribution in [2.75, 3.05) is 23.4 Å². The number of rotatable bonds is 8. The molecular formula is C28H34N2O5S. The smallest absolute Gasteiger partial charge is 0.255 e. The predicted molar refractivity (Wildman–Crippen MR) is 145 cm³/mol. The highest BCUT2D eigenvalue weighted by atomic mass is 32.2. The molecule has 3 aromatic carbocycles. The molecular weight excluding hydrogens is 476 g/mol. The van der Waals surface area contributed by atoms with Gasteiger partial charge in [0.25, 0.3) is 5.91 Å². The summed E-state index contributed by atoms with van der Waals surface area (Å²) in [7, 11) is -2.14. The first kappa shape index (κ1) is 27.1. The summed E-state index contributed by atoms with van der Waals surface area (Å²) >= 11 is 0. The Morgan fingerprint density at radius 2 is 1.61 bits per heavy atom. The second-order valence-electron chi connectivity index (χ2n) is 9.87. The summed E-state index contributed by atoms with van der Waals surface area (Å²) in [6, 6.07) is 16.9. The van der Waals surface area contributed by atoms with E-state index in [1.807, 2.05) is 65.0 Å². The summed E-state index contributed by atoms with van der Waals surface area (Å²) in [5.74, 6) is 0.488. The van der Waals surface area contributed by atoms with E-state index >= 15 is 0 Å². The number of anilines is 2. The fraction of sp³-hybridized carbons (Fsp3) is 0.321. The van der Waals surface area contributed by atoms with E-state index in [4.69, 9.17) is 9.47 Å². The van der Waals surface area contributed by atoms with Crippen molar-refractivity contribution >= 4 is 27.3 Å². The molecule has 2 N–H and O–H groups in total. The summed E-state index contributed by atoms with van der Waals surface area (Å²) in [5.41, 5.74) is 4.46. The maximum Gasteiger partial charge on any atom is 0.255 e. The number of carbonyl (C=O) groups excluding carboxylic acids is 1. The molecule has 36 heavy (non-hydrogen) atoms. The Morgan fingerprint density at radius 1 is 0.972 bits per heavy atom. The molecule has 0 unspecified atom stereocenters. The first-order chi connectivity index (χ1) is 16.8. The molecule has 7 nitrogen and oxygen atoms in total. The number of carbonyl (C=O) groups is 1. The van der Waals surface area contributed by atoms with Gasteiger partial charge in [-0.15, -0.1) is 0 Å². The maximum absolute atomic E-state index is 13.4. The Bertz CT molecular complexity index is 1360. The highest BCUT2D eigenvalue weighted by molar-refractivity contribution is 7.92. The minimum Gasteiger partial charge on any atom is -0.492 e. The number of hydrogen-bond donors (Lipinski definition) is 2. The first-order valence-corrected chi connectivity index (χ1v) is 13.5. The topological polar surface area (TPSA) is 93.7 Å². The number of methoxy groups -OCH3 is 1. The van der Waals surface area contributed by atoms with Gasteiger partial charge in [-0.25, -0.2) is 8.42 Å². The summed E-state index contributed by atoms with van der Waals surface area (Å²) in [6.07, 6.45) is 1.07. The van der Waals surface area contributed by atoms with Gasteiger partial charge < -0.3 is 14.8 Å². The minimum absolute atomic E-state index is 0.228. The third-order valence-electron chi connectivity index (χ3n) is 5.82. The van der Waals surface area contributed by atoms with Gasteiger partial charge in [-0.05, 0) is 65.8 Å². The molecule has 0 heterocycles. The monoisotopic (exact) mass is 510 g/mol. The number of sulfonamides is 1. The average molecular weight is 511 g/mol. The van der Waals surface area contributed by atoms with Gasteiger partial charge in [0, 0.05) is 5.56 Å². The third-order valence-corrected chi connectivity index (χ3v) is 6.41. The lowest BCUT2D eigenvalue weighted by Gasteiger charge is -2.24. The van der Waals surface area contributed by atoms with E-state index < -0.39 is 10.0 Å². The van der Waals surface area contributed by atoms with Crippen molar-refractivity contribution in [2.24, 2.45) is 0 Å². The predicted octanol–water partition coefficient (Wildman–Crippen LogP) is 5.81. The number of hydrogen-bond acceptors (Lipinski definition) is 5. The standard InChI is InChI=1S/C28H34N2O5S/c1-18-13-21(14-25(19(18)2)35-17-20-11-9-8-10-12-20)27(31)29-23-15-22(28(3,4)5)16-24(26(23)34-6)30-36(7,32)33/h8-16,30H,17H2,1-7H3,(H,29,31). The molecule has 0 aliphatic heterocycles. The van der Waals surface area contributed by atoms with Crippen molar-refractivity contribution in [3.05, 3.63) is 82.4 Å². The van der Waals surface area contributed by atoms with E-state index in [1.54, 1.807) is 24.3 Å². The Hall–Kier alpha value is -3.52. The van der Waals surface area contributed by atoms with E-state index in [-0.39, 0.29) is 22.8 Å². The molecule has 0 saturated carbocycles. The Labute approximate surface area is 213 Å². The van der Waals surface area contributed by atoms with Crippen molar-refractivity contribution in [1.29, 1.82) is 0 Å². The van der Waals surface area contributed by atoms with E-state index in [0.717, 1.165) is 28.5 Å². The molecule has 0 aromatic heterocycles. The third kappa shape index (κ3) is 6.79. The number of ether oxygens (including phenoxy) is 2. The van der Waals surface area contributed by atoms with Crippen LogP contribution in [0.3, 0.4) is 0 Å². The molecule has 1 amide bonds. The van der Waals surface area contributed by atoms with Crippen LogP contribution in [0.15, 0.2) is 54.6 Å². The number of amides is 1. The zero-order chi connectivity index (χ0) is 26.7. The van der Waals surface area contributed by atoms with Crippen LogP contribution in [-0.4, -0.2) is 27.7 Å². The van der Waals surface area contributed by atoms with Gasteiger partial charge in [0.1, 0.15) is 12.4 Å². The second-order valence-corrected chi connectivity index (χ2v) is 11.6. The van der Waals surface area contributed by atoms with Gasteiger partial charge in [0.15, 0.2) is 5.75 Å². The fourth-order valence-corrected chi connectivity index (χ4v) is 4.24. The second kappa shape index (κ2) is 10.6. The Balaban J connectivity index is 1.97. The van der Waals surface area contributed by atoms with Crippen LogP contribution >= 0.6 is 0 Å². The molecule has 3 rings (SSSR count). The largest absolute Gasteiger partial charge is 0.492 e. The molecule has 0 fully saturated rings. The van der Waals surface area contributed by atoms with Crippen molar-refractivity contribution in [3.8, 4) is 11.5 Å². The lowest BCUT2D eigenvalue weighted by molar-refractivity contribution is 0.102. The molecule has 0 radical (unpaired) electrons. The summed E-state index contributed by atoms with van der Waals surface area (Å²) in [4.78, 5) is 13.4. The molecule has 0 aliphatic carbocycles. The molecule has 0 atom stereocenters. The van der Waals surface area contributed by atoms with Gasteiger partial charge in [-0.1, -0.05) is 51.1 Å². The number of nitrogens with one attached hydrogen (secondary N) is 2. The van der Waals surface area contributed by atoms with Crippen LogP contribution in [0.5, 0.6) is 11.5 Å². The van der Waals surface area contributed by atoms with Gasteiger partial charge in [0.05, 0.1) is 24.7 Å². The van der Waals surface area contributed by atoms with Crippen LogP contribution in [0.2, 0.25) is 0 Å². The molecule has 0 bridgehead atoms. The van der Waals surface area contributed by atoms with Crippen molar-refractivity contribution in [3.63, 3.8) is 0 Å². The molecule has 0 saturated heterocycles. The normalized spacial score (nSPS) is 11.6. The molecule has 192 valence electrons. The first-order valence-electron chi connectivity index (χ1n) is 11.6. The zero-order valence-corrected chi connectivity index (χ0v) is 22.7. The van der Waals surface area contributed by atoms with E-state index in [9.17, 15) is 13.2 Å². The summed E-state index contributed by atoms with van der Waals surface area (Å²) in [6.45, 7) is 10.3. The van der Waals surface area contributed by atoms with Crippen molar-refractivity contribution < 1.29 is 22.7 Å². The van der Waals surface area contributed by atoms with Gasteiger partial charge in [-0.3, -0.25) is 9.52 Å². The molecule has 3 aromatic rings. The fourth-order valence-electron chi connectivity index (χ4n) is 3.69. The summed E-state index contributed by atoms with van der Waals surface area (Å²) in [5, 5.41) is 2.91. The van der Waals surface area contributed by atoms with Crippen LogP contribution < -0.4 is 19.5 Å². The lowest BCUT2D eigenvalue weighted by Crippen LogP contribution is -2.18. The number of benzene rings is 3. The average Bonchev–Trinajstić information content (AvgIpc) is 2.78. The Kier molecular flexibility index (Phi) is 7.99. The van der Waals surface area contributed by atoms with Crippen LogP contribution in [0, 0.1) is 13.8 Å². The zero-order valence-electron chi connectivity index (χ0n) is 21.9. The van der Waals surface area contributed by atoms with Gasteiger partial charge in [0.2, 0.25) is 10.0 Å². The van der Waals surface area contributed by atoms with Crippen molar-refractivity contribution in [2.45, 2.75) is 46.6 Å². The van der Waals surface area contributed by atoms with Gasteiger partial charge in [-0.2, -0.15) is 0 Å². The van der Waals surface area contributed by atoms with E-state index in [1.165, 1.54) is 7.11 Å². The van der Waals surface area contributed by atoms with Crippen LogP contribution in [0.4, 0.5) is 11.4 Å². The van der Waals surface area contributed by atoms with E-state index in [0.29, 0.717) is 23.6 Å². The quantitative estimate of drug-likeness (QED) is 0.399. The Morgan fingerprint density at radius 3 is 2.19 bits per heavy atom. The summed E-state index contributed by atoms with van der Waals surface area (Å²) < 4.78 is 38.0. The molecule has 0 aliphatic rings. The lowest BCUT2D eigenvalue weighted by atomic mass is 9.86. The van der Waals surface area contributed by atoms with Gasteiger partial charge >= 0.3 is 0 Å². The maximum atomic E-state index is 13.4. The minimum atomic E-state index is -3.57. The van der Waals surface area contributed by atoms with Crippen LogP contribution in [0.25, 0.3) is 0 Å². The highest BCUT2D eigenvalue weighted by Gasteiger charge is 2.23. The van der Waals surface area contributed by atoms with Crippen molar-refractivity contribution in [1.82, 2.24) is 0 Å².